The molecule has 2 aliphatic rings. The number of hydrogen-bond donors (Lipinski definition) is 1. The van der Waals surface area contributed by atoms with Crippen molar-refractivity contribution in [2.24, 2.45) is 5.92 Å². The van der Waals surface area contributed by atoms with E-state index < -0.39 is 15.6 Å². The molecule has 7 heteroatoms. The summed E-state index contributed by atoms with van der Waals surface area (Å²) in [5.74, 6) is 0.994. The second-order valence-electron chi connectivity index (χ2n) is 8.98. The van der Waals surface area contributed by atoms with Gasteiger partial charge >= 0.3 is 6.09 Å². The SMILES string of the molecule is CC(C)(C)OC(=O)N1CCC(c2ccccc2NS(=O)(=O)CCC2CC2)CC1. The van der Waals surface area contributed by atoms with Crippen LogP contribution in [0.25, 0.3) is 0 Å². The van der Waals surface area contributed by atoms with Crippen LogP contribution < -0.4 is 4.72 Å². The van der Waals surface area contributed by atoms with E-state index in [2.05, 4.69) is 4.72 Å². The highest BCUT2D eigenvalue weighted by Gasteiger charge is 2.29. The number of rotatable bonds is 6. The number of likely N-dealkylation sites (tertiary alicyclic amines) is 1. The van der Waals surface area contributed by atoms with Crippen LogP contribution in [0.4, 0.5) is 10.5 Å². The van der Waals surface area contributed by atoms with E-state index in [0.717, 1.165) is 37.7 Å². The van der Waals surface area contributed by atoms with E-state index in [-0.39, 0.29) is 17.8 Å². The molecule has 0 bridgehead atoms. The zero-order chi connectivity index (χ0) is 20.4. The van der Waals surface area contributed by atoms with Gasteiger partial charge in [-0.05, 0) is 63.5 Å². The Hall–Kier alpha value is -1.76. The minimum Gasteiger partial charge on any atom is -0.444 e. The van der Waals surface area contributed by atoms with Gasteiger partial charge in [0.2, 0.25) is 10.0 Å². The number of piperidine rings is 1. The van der Waals surface area contributed by atoms with Gasteiger partial charge in [-0.2, -0.15) is 0 Å². The lowest BCUT2D eigenvalue weighted by Crippen LogP contribution is -2.41. The first kappa shape index (κ1) is 21.0. The smallest absolute Gasteiger partial charge is 0.410 e. The second kappa shape index (κ2) is 8.31. The number of para-hydroxylation sites is 1. The maximum atomic E-state index is 12.5. The van der Waals surface area contributed by atoms with Crippen molar-refractivity contribution in [3.05, 3.63) is 29.8 Å². The number of sulfonamides is 1. The molecule has 0 atom stereocenters. The molecule has 6 nitrogen and oxygen atoms in total. The molecule has 3 rings (SSSR count). The Bertz CT molecular complexity index is 789. The van der Waals surface area contributed by atoms with Crippen LogP contribution in [0.5, 0.6) is 0 Å². The molecule has 1 saturated carbocycles. The highest BCUT2D eigenvalue weighted by atomic mass is 32.2. The van der Waals surface area contributed by atoms with Crippen LogP contribution in [0.3, 0.4) is 0 Å². The molecule has 2 fully saturated rings. The van der Waals surface area contributed by atoms with Crippen LogP contribution in [0, 0.1) is 5.92 Å². The van der Waals surface area contributed by atoms with E-state index >= 15 is 0 Å². The Morgan fingerprint density at radius 1 is 1.14 bits per heavy atom. The fourth-order valence-corrected chi connectivity index (χ4v) is 4.86. The first-order valence-electron chi connectivity index (χ1n) is 10.2. The zero-order valence-corrected chi connectivity index (χ0v) is 17.9. The molecule has 0 radical (unpaired) electrons. The first-order valence-corrected chi connectivity index (χ1v) is 11.9. The molecule has 1 heterocycles. The molecule has 0 unspecified atom stereocenters. The first-order chi connectivity index (χ1) is 13.1. The van der Waals surface area contributed by atoms with Gasteiger partial charge in [0.15, 0.2) is 0 Å². The van der Waals surface area contributed by atoms with Crippen molar-refractivity contribution in [1.82, 2.24) is 4.90 Å². The Morgan fingerprint density at radius 3 is 2.39 bits per heavy atom. The van der Waals surface area contributed by atoms with Gasteiger partial charge in [-0.15, -0.1) is 0 Å². The number of benzene rings is 1. The number of amides is 1. The predicted molar refractivity (Wildman–Crippen MR) is 111 cm³/mol. The number of ether oxygens (including phenoxy) is 1. The summed E-state index contributed by atoms with van der Waals surface area (Å²) in [5, 5.41) is 0. The molecule has 0 spiro atoms. The molecule has 1 N–H and O–H groups in total. The van der Waals surface area contributed by atoms with Crippen molar-refractivity contribution in [3.63, 3.8) is 0 Å². The number of carbonyl (C=O) groups is 1. The standard InChI is InChI=1S/C21H32N2O4S/c1-21(2,3)27-20(24)23-13-10-17(11-14-23)18-6-4-5-7-19(18)22-28(25,26)15-12-16-8-9-16/h4-7,16-17,22H,8-15H2,1-3H3. The summed E-state index contributed by atoms with van der Waals surface area (Å²) >= 11 is 0. The van der Waals surface area contributed by atoms with Crippen molar-refractivity contribution in [2.75, 3.05) is 23.6 Å². The average Bonchev–Trinajstić information content (AvgIpc) is 3.43. The number of nitrogens with one attached hydrogen (secondary N) is 1. The van der Waals surface area contributed by atoms with Crippen LogP contribution in [0.2, 0.25) is 0 Å². The molecule has 1 aromatic carbocycles. The summed E-state index contributed by atoms with van der Waals surface area (Å²) in [6.45, 7) is 6.82. The normalized spacial score (nSPS) is 18.8. The summed E-state index contributed by atoms with van der Waals surface area (Å²) < 4.78 is 33.2. The lowest BCUT2D eigenvalue weighted by atomic mass is 9.88. The van der Waals surface area contributed by atoms with E-state index in [1.165, 1.54) is 0 Å². The third kappa shape index (κ3) is 6.12. The molecule has 1 aliphatic heterocycles. The maximum absolute atomic E-state index is 12.5. The topological polar surface area (TPSA) is 75.7 Å². The van der Waals surface area contributed by atoms with Crippen LogP contribution >= 0.6 is 0 Å². The molecule has 1 aromatic rings. The molecular weight excluding hydrogens is 376 g/mol. The summed E-state index contributed by atoms with van der Waals surface area (Å²) in [7, 11) is -3.33. The van der Waals surface area contributed by atoms with Crippen LogP contribution in [0.15, 0.2) is 24.3 Å². The van der Waals surface area contributed by atoms with Gasteiger partial charge in [0, 0.05) is 13.1 Å². The summed E-state index contributed by atoms with van der Waals surface area (Å²) in [5.41, 5.74) is 1.19. The third-order valence-corrected chi connectivity index (χ3v) is 6.61. The maximum Gasteiger partial charge on any atom is 0.410 e. The number of nitrogens with zero attached hydrogens (tertiary/aromatic N) is 1. The Morgan fingerprint density at radius 2 is 1.79 bits per heavy atom. The Balaban J connectivity index is 1.61. The lowest BCUT2D eigenvalue weighted by Gasteiger charge is -2.34. The number of carbonyl (C=O) groups excluding carboxylic acids is 1. The second-order valence-corrected chi connectivity index (χ2v) is 10.8. The van der Waals surface area contributed by atoms with E-state index in [0.29, 0.717) is 24.7 Å². The van der Waals surface area contributed by atoms with Crippen molar-refractivity contribution in [1.29, 1.82) is 0 Å². The summed E-state index contributed by atoms with van der Waals surface area (Å²) in [6.07, 6.45) is 4.36. The third-order valence-electron chi connectivity index (χ3n) is 5.30. The quantitative estimate of drug-likeness (QED) is 0.759. The summed E-state index contributed by atoms with van der Waals surface area (Å²) in [4.78, 5) is 14.0. The molecule has 1 saturated heterocycles. The predicted octanol–water partition coefficient (Wildman–Crippen LogP) is 4.34. The van der Waals surface area contributed by atoms with Gasteiger partial charge in [-0.25, -0.2) is 13.2 Å². The minimum atomic E-state index is -3.33. The lowest BCUT2D eigenvalue weighted by molar-refractivity contribution is 0.0205. The molecule has 0 aromatic heterocycles. The largest absolute Gasteiger partial charge is 0.444 e. The van der Waals surface area contributed by atoms with E-state index in [1.54, 1.807) is 4.90 Å². The van der Waals surface area contributed by atoms with Crippen molar-refractivity contribution < 1.29 is 17.9 Å². The molecule has 156 valence electrons. The summed E-state index contributed by atoms with van der Waals surface area (Å²) in [6, 6.07) is 7.63. The van der Waals surface area contributed by atoms with Crippen LogP contribution in [-0.2, 0) is 14.8 Å². The average molecular weight is 409 g/mol. The fourth-order valence-electron chi connectivity index (χ4n) is 3.59. The molecule has 1 aliphatic carbocycles. The minimum absolute atomic E-state index is 0.184. The number of hydrogen-bond acceptors (Lipinski definition) is 4. The zero-order valence-electron chi connectivity index (χ0n) is 17.1. The fraction of sp³-hybridized carbons (Fsp3) is 0.667. The van der Waals surface area contributed by atoms with Gasteiger partial charge in [-0.1, -0.05) is 31.0 Å². The van der Waals surface area contributed by atoms with Crippen LogP contribution in [-0.4, -0.2) is 43.9 Å². The van der Waals surface area contributed by atoms with Crippen molar-refractivity contribution in [2.45, 2.75) is 64.4 Å². The highest BCUT2D eigenvalue weighted by Crippen LogP contribution is 2.35. The Kier molecular flexibility index (Phi) is 6.22. The molecule has 1 amide bonds. The van der Waals surface area contributed by atoms with Gasteiger partial charge < -0.3 is 9.64 Å². The van der Waals surface area contributed by atoms with E-state index in [4.69, 9.17) is 4.74 Å². The van der Waals surface area contributed by atoms with Crippen LogP contribution in [0.1, 0.15) is 64.4 Å². The van der Waals surface area contributed by atoms with Gasteiger partial charge in [0.05, 0.1) is 11.4 Å². The van der Waals surface area contributed by atoms with Gasteiger partial charge in [0.1, 0.15) is 5.60 Å². The molecule has 28 heavy (non-hydrogen) atoms. The van der Waals surface area contributed by atoms with Crippen molar-refractivity contribution >= 4 is 21.8 Å². The highest BCUT2D eigenvalue weighted by molar-refractivity contribution is 7.92. The number of anilines is 1. The molecular formula is C21H32N2O4S. The van der Waals surface area contributed by atoms with Gasteiger partial charge in [0.25, 0.3) is 0 Å². The van der Waals surface area contributed by atoms with E-state index in [1.807, 2.05) is 45.0 Å². The van der Waals surface area contributed by atoms with E-state index in [9.17, 15) is 13.2 Å². The monoisotopic (exact) mass is 408 g/mol. The van der Waals surface area contributed by atoms with Gasteiger partial charge in [-0.3, -0.25) is 4.72 Å². The Labute approximate surface area is 168 Å². The van der Waals surface area contributed by atoms with Crippen molar-refractivity contribution in [3.8, 4) is 0 Å².